The van der Waals surface area contributed by atoms with Crippen LogP contribution < -0.4 is 19.5 Å². The van der Waals surface area contributed by atoms with Gasteiger partial charge in [0.25, 0.3) is 10.0 Å². The third-order valence-electron chi connectivity index (χ3n) is 2.99. The predicted molar refractivity (Wildman–Crippen MR) is 97.0 cm³/mol. The molecule has 0 bridgehead atoms. The number of aromatic nitrogens is 2. The molecule has 142 valence electrons. The Labute approximate surface area is 155 Å². The largest absolute Gasteiger partial charge is 0.490 e. The lowest BCUT2D eigenvalue weighted by Crippen LogP contribution is -2.23. The minimum absolute atomic E-state index is 0.0455. The van der Waals surface area contributed by atoms with Crippen molar-refractivity contribution in [2.45, 2.75) is 31.7 Å². The summed E-state index contributed by atoms with van der Waals surface area (Å²) < 4.78 is 37.9. The molecule has 2 rings (SSSR count). The standard InChI is InChI=1S/C15H20N4O5S2/c1-4-23-12-7-6-11(8-13(12)24-5-2)9-16-26(21,22)15-19-18-14(25-15)17-10(3)20/h6-8,16H,4-5,9H2,1-3H3,(H,17,18,20). The average molecular weight is 400 g/mol. The zero-order valence-corrected chi connectivity index (χ0v) is 16.2. The Morgan fingerprint density at radius 1 is 1.15 bits per heavy atom. The van der Waals surface area contributed by atoms with E-state index in [0.29, 0.717) is 30.3 Å². The number of amides is 1. The Bertz CT molecular complexity index is 867. The van der Waals surface area contributed by atoms with Crippen LogP contribution >= 0.6 is 11.3 Å². The number of nitrogens with zero attached hydrogens (tertiary/aromatic N) is 2. The summed E-state index contributed by atoms with van der Waals surface area (Å²) in [4.78, 5) is 11.0. The van der Waals surface area contributed by atoms with Gasteiger partial charge < -0.3 is 14.8 Å². The number of carbonyl (C=O) groups excluding carboxylic acids is 1. The number of rotatable bonds is 9. The molecule has 0 saturated carbocycles. The van der Waals surface area contributed by atoms with Gasteiger partial charge in [-0.1, -0.05) is 17.4 Å². The van der Waals surface area contributed by atoms with Crippen LogP contribution in [0.4, 0.5) is 5.13 Å². The Kier molecular flexibility index (Phi) is 6.89. The number of nitrogens with one attached hydrogen (secondary N) is 2. The maximum absolute atomic E-state index is 12.3. The average Bonchev–Trinajstić information content (AvgIpc) is 3.04. The maximum atomic E-state index is 12.3. The molecule has 9 nitrogen and oxygen atoms in total. The fourth-order valence-corrected chi connectivity index (χ4v) is 3.97. The fourth-order valence-electron chi connectivity index (χ4n) is 1.97. The second-order valence-electron chi connectivity index (χ2n) is 5.03. The molecule has 0 spiro atoms. The molecule has 0 fully saturated rings. The Morgan fingerprint density at radius 3 is 2.50 bits per heavy atom. The maximum Gasteiger partial charge on any atom is 0.270 e. The molecule has 1 aromatic carbocycles. The van der Waals surface area contributed by atoms with E-state index in [1.54, 1.807) is 18.2 Å². The molecular weight excluding hydrogens is 380 g/mol. The van der Waals surface area contributed by atoms with Gasteiger partial charge in [-0.25, -0.2) is 13.1 Å². The molecule has 0 radical (unpaired) electrons. The van der Waals surface area contributed by atoms with Crippen molar-refractivity contribution in [1.29, 1.82) is 0 Å². The van der Waals surface area contributed by atoms with Crippen LogP contribution in [-0.4, -0.2) is 37.7 Å². The topological polar surface area (TPSA) is 120 Å². The molecule has 1 amide bonds. The summed E-state index contributed by atoms with van der Waals surface area (Å²) in [6, 6.07) is 5.21. The van der Waals surface area contributed by atoms with Crippen molar-refractivity contribution in [3.8, 4) is 11.5 Å². The lowest BCUT2D eigenvalue weighted by atomic mass is 10.2. The van der Waals surface area contributed by atoms with E-state index in [-0.39, 0.29) is 21.9 Å². The summed E-state index contributed by atoms with van der Waals surface area (Å²) in [6.07, 6.45) is 0. The van der Waals surface area contributed by atoms with Crippen LogP contribution in [0.5, 0.6) is 11.5 Å². The van der Waals surface area contributed by atoms with Gasteiger partial charge in [0.05, 0.1) is 13.2 Å². The van der Waals surface area contributed by atoms with Crippen molar-refractivity contribution < 1.29 is 22.7 Å². The van der Waals surface area contributed by atoms with Crippen LogP contribution in [0.15, 0.2) is 22.5 Å². The van der Waals surface area contributed by atoms with E-state index in [2.05, 4.69) is 20.2 Å². The van der Waals surface area contributed by atoms with Crippen molar-refractivity contribution in [2.24, 2.45) is 0 Å². The van der Waals surface area contributed by atoms with Gasteiger partial charge in [-0.3, -0.25) is 4.79 Å². The molecule has 0 aliphatic carbocycles. The van der Waals surface area contributed by atoms with Crippen molar-refractivity contribution in [2.75, 3.05) is 18.5 Å². The first kappa shape index (κ1) is 20.1. The number of hydrogen-bond donors (Lipinski definition) is 2. The fraction of sp³-hybridized carbons (Fsp3) is 0.400. The molecule has 11 heteroatoms. The lowest BCUT2D eigenvalue weighted by molar-refractivity contribution is -0.114. The molecule has 0 aliphatic heterocycles. The van der Waals surface area contributed by atoms with E-state index in [9.17, 15) is 13.2 Å². The summed E-state index contributed by atoms with van der Waals surface area (Å²) in [5.41, 5.74) is 0.701. The summed E-state index contributed by atoms with van der Waals surface area (Å²) >= 11 is 0.774. The van der Waals surface area contributed by atoms with Crippen LogP contribution in [0.1, 0.15) is 26.3 Å². The second kappa shape index (κ2) is 8.92. The number of sulfonamides is 1. The van der Waals surface area contributed by atoms with Gasteiger partial charge in [0.15, 0.2) is 11.5 Å². The number of hydrogen-bond acceptors (Lipinski definition) is 8. The van der Waals surface area contributed by atoms with Gasteiger partial charge in [0.1, 0.15) is 0 Å². The van der Waals surface area contributed by atoms with Crippen LogP contribution in [-0.2, 0) is 21.4 Å². The molecular formula is C15H20N4O5S2. The third kappa shape index (κ3) is 5.38. The predicted octanol–water partition coefficient (Wildman–Crippen LogP) is 1.77. The van der Waals surface area contributed by atoms with E-state index >= 15 is 0 Å². The number of carbonyl (C=O) groups is 1. The van der Waals surface area contributed by atoms with Crippen molar-refractivity contribution in [3.05, 3.63) is 23.8 Å². The summed E-state index contributed by atoms with van der Waals surface area (Å²) in [7, 11) is -3.85. The van der Waals surface area contributed by atoms with Crippen LogP contribution in [0.25, 0.3) is 0 Å². The van der Waals surface area contributed by atoms with E-state index in [1.807, 2.05) is 13.8 Å². The van der Waals surface area contributed by atoms with Gasteiger partial charge in [-0.15, -0.1) is 10.2 Å². The monoisotopic (exact) mass is 400 g/mol. The lowest BCUT2D eigenvalue weighted by Gasteiger charge is -2.12. The zero-order chi connectivity index (χ0) is 19.2. The normalized spacial score (nSPS) is 11.2. The molecule has 1 aromatic heterocycles. The summed E-state index contributed by atoms with van der Waals surface area (Å²) in [6.45, 7) is 6.04. The highest BCUT2D eigenvalue weighted by Crippen LogP contribution is 2.28. The molecule has 26 heavy (non-hydrogen) atoms. The van der Waals surface area contributed by atoms with E-state index in [0.717, 1.165) is 11.3 Å². The van der Waals surface area contributed by atoms with Gasteiger partial charge in [0.2, 0.25) is 15.4 Å². The van der Waals surface area contributed by atoms with Gasteiger partial charge in [-0.2, -0.15) is 0 Å². The first-order valence-corrected chi connectivity index (χ1v) is 10.1. The summed E-state index contributed by atoms with van der Waals surface area (Å²) in [5, 5.41) is 9.74. The number of anilines is 1. The van der Waals surface area contributed by atoms with E-state index in [1.165, 1.54) is 6.92 Å². The highest BCUT2D eigenvalue weighted by molar-refractivity contribution is 7.91. The van der Waals surface area contributed by atoms with E-state index < -0.39 is 10.0 Å². The smallest absolute Gasteiger partial charge is 0.270 e. The Balaban J connectivity index is 2.10. The highest BCUT2D eigenvalue weighted by atomic mass is 32.2. The van der Waals surface area contributed by atoms with Crippen LogP contribution in [0, 0.1) is 0 Å². The van der Waals surface area contributed by atoms with Gasteiger partial charge >= 0.3 is 0 Å². The zero-order valence-electron chi connectivity index (χ0n) is 14.6. The molecule has 2 aromatic rings. The minimum atomic E-state index is -3.85. The first-order chi connectivity index (χ1) is 12.4. The number of benzene rings is 1. The van der Waals surface area contributed by atoms with Crippen LogP contribution in [0.2, 0.25) is 0 Å². The summed E-state index contributed by atoms with van der Waals surface area (Å²) in [5.74, 6) is 0.802. The first-order valence-electron chi connectivity index (χ1n) is 7.85. The van der Waals surface area contributed by atoms with Crippen molar-refractivity contribution in [3.63, 3.8) is 0 Å². The van der Waals surface area contributed by atoms with Crippen molar-refractivity contribution >= 4 is 32.4 Å². The van der Waals surface area contributed by atoms with Crippen molar-refractivity contribution in [1.82, 2.24) is 14.9 Å². The quantitative estimate of drug-likeness (QED) is 0.616. The molecule has 0 aliphatic rings. The molecule has 2 N–H and O–H groups in total. The third-order valence-corrected chi connectivity index (χ3v) is 5.60. The Morgan fingerprint density at radius 2 is 1.85 bits per heavy atom. The van der Waals surface area contributed by atoms with Gasteiger partial charge in [-0.05, 0) is 31.5 Å². The number of ether oxygens (including phenoxy) is 2. The Hall–Kier alpha value is -2.24. The molecule has 1 heterocycles. The molecule has 0 saturated heterocycles. The molecule has 0 atom stereocenters. The van der Waals surface area contributed by atoms with Gasteiger partial charge in [0, 0.05) is 13.5 Å². The SMILES string of the molecule is CCOc1ccc(CNS(=O)(=O)c2nnc(NC(C)=O)s2)cc1OCC. The van der Waals surface area contributed by atoms with E-state index in [4.69, 9.17) is 9.47 Å². The van der Waals surface area contributed by atoms with Crippen LogP contribution in [0.3, 0.4) is 0 Å². The highest BCUT2D eigenvalue weighted by Gasteiger charge is 2.20. The minimum Gasteiger partial charge on any atom is -0.490 e. The second-order valence-corrected chi connectivity index (χ2v) is 7.94. The molecule has 0 unspecified atom stereocenters.